The molecule has 3 aromatic rings. The molecule has 3 rings (SSSR count). The fraction of sp³-hybridized carbons (Fsp3) is 0.350. The highest BCUT2D eigenvalue weighted by Crippen LogP contribution is 2.28. The molecule has 0 saturated carbocycles. The van der Waals surface area contributed by atoms with Gasteiger partial charge in [0.1, 0.15) is 6.26 Å². The van der Waals surface area contributed by atoms with Gasteiger partial charge >= 0.3 is 0 Å². The Morgan fingerprint density at radius 2 is 1.92 bits per heavy atom. The van der Waals surface area contributed by atoms with Gasteiger partial charge in [-0.2, -0.15) is 0 Å². The molecule has 0 radical (unpaired) electrons. The highest BCUT2D eigenvalue weighted by molar-refractivity contribution is 5.94. The van der Waals surface area contributed by atoms with Crippen molar-refractivity contribution in [3.8, 4) is 11.5 Å². The van der Waals surface area contributed by atoms with E-state index in [0.717, 1.165) is 29.7 Å². The molecule has 0 amide bonds. The van der Waals surface area contributed by atoms with Gasteiger partial charge in [0.25, 0.3) is 0 Å². The Hall–Kier alpha value is -2.17. The molecule has 0 saturated heterocycles. The fourth-order valence-electron chi connectivity index (χ4n) is 2.85. The highest BCUT2D eigenvalue weighted by atomic mass is 16.5. The van der Waals surface area contributed by atoms with Gasteiger partial charge in [0.2, 0.25) is 5.89 Å². The molecule has 4 heteroatoms. The van der Waals surface area contributed by atoms with Gasteiger partial charge in [-0.3, -0.25) is 4.90 Å². The monoisotopic (exact) mass is 324 g/mol. The van der Waals surface area contributed by atoms with E-state index in [4.69, 9.17) is 14.1 Å². The van der Waals surface area contributed by atoms with Gasteiger partial charge in [0.15, 0.2) is 0 Å². The predicted molar refractivity (Wildman–Crippen MR) is 96.9 cm³/mol. The molecule has 126 valence electrons. The molecule has 2 aromatic carbocycles. The number of methoxy groups -OCH3 is 1. The minimum Gasteiger partial charge on any atom is -0.444 e. The summed E-state index contributed by atoms with van der Waals surface area (Å²) in [6.07, 6.45) is 1.76. The van der Waals surface area contributed by atoms with Crippen molar-refractivity contribution < 1.29 is 9.15 Å². The largest absolute Gasteiger partial charge is 0.444 e. The van der Waals surface area contributed by atoms with E-state index in [2.05, 4.69) is 43.0 Å². The first-order valence-corrected chi connectivity index (χ1v) is 8.34. The Labute approximate surface area is 143 Å². The van der Waals surface area contributed by atoms with Crippen molar-refractivity contribution in [2.75, 3.05) is 20.3 Å². The van der Waals surface area contributed by atoms with E-state index in [9.17, 15) is 0 Å². The lowest BCUT2D eigenvalue weighted by Gasteiger charge is -2.24. The Morgan fingerprint density at radius 3 is 2.71 bits per heavy atom. The number of hydrogen-bond acceptors (Lipinski definition) is 4. The number of rotatable bonds is 7. The van der Waals surface area contributed by atoms with Crippen LogP contribution in [-0.4, -0.2) is 36.2 Å². The third-order valence-electron chi connectivity index (χ3n) is 4.25. The highest BCUT2D eigenvalue weighted by Gasteiger charge is 2.14. The number of benzene rings is 2. The van der Waals surface area contributed by atoms with Crippen molar-refractivity contribution in [3.63, 3.8) is 0 Å². The van der Waals surface area contributed by atoms with Crippen LogP contribution in [0, 0.1) is 0 Å². The van der Waals surface area contributed by atoms with Gasteiger partial charge in [0.05, 0.1) is 12.3 Å². The zero-order chi connectivity index (χ0) is 16.9. The van der Waals surface area contributed by atoms with E-state index in [-0.39, 0.29) is 0 Å². The van der Waals surface area contributed by atoms with E-state index in [1.54, 1.807) is 13.4 Å². The van der Waals surface area contributed by atoms with E-state index < -0.39 is 0 Å². The van der Waals surface area contributed by atoms with Gasteiger partial charge in [-0.15, -0.1) is 0 Å². The van der Waals surface area contributed by atoms with E-state index in [1.165, 1.54) is 5.39 Å². The second-order valence-electron chi connectivity index (χ2n) is 6.23. The van der Waals surface area contributed by atoms with Crippen LogP contribution in [0.25, 0.3) is 22.2 Å². The second-order valence-corrected chi connectivity index (χ2v) is 6.23. The van der Waals surface area contributed by atoms with Crippen LogP contribution in [0.5, 0.6) is 0 Å². The molecular formula is C20H24N2O2. The summed E-state index contributed by atoms with van der Waals surface area (Å²) in [5, 5.41) is 2.35. The quantitative estimate of drug-likeness (QED) is 0.647. The number of fused-ring (bicyclic) bond motifs is 1. The third-order valence-corrected chi connectivity index (χ3v) is 4.25. The number of hydrogen-bond donors (Lipinski definition) is 0. The summed E-state index contributed by atoms with van der Waals surface area (Å²) in [6, 6.07) is 14.9. The van der Waals surface area contributed by atoms with Crippen LogP contribution in [0.3, 0.4) is 0 Å². The van der Waals surface area contributed by atoms with Crippen molar-refractivity contribution in [1.29, 1.82) is 0 Å². The summed E-state index contributed by atoms with van der Waals surface area (Å²) in [7, 11) is 1.73. The molecule has 0 fully saturated rings. The van der Waals surface area contributed by atoms with E-state index >= 15 is 0 Å². The average Bonchev–Trinajstić information content (AvgIpc) is 3.06. The second kappa shape index (κ2) is 7.60. The molecule has 0 atom stereocenters. The van der Waals surface area contributed by atoms with E-state index in [0.29, 0.717) is 18.5 Å². The number of nitrogens with zero attached hydrogens (tertiary/aromatic N) is 2. The van der Waals surface area contributed by atoms with Crippen molar-refractivity contribution in [3.05, 3.63) is 54.4 Å². The zero-order valence-corrected chi connectivity index (χ0v) is 14.5. The molecule has 24 heavy (non-hydrogen) atoms. The van der Waals surface area contributed by atoms with Gasteiger partial charge in [0, 0.05) is 31.8 Å². The molecule has 0 unspecified atom stereocenters. The van der Waals surface area contributed by atoms with Crippen molar-refractivity contribution in [2.24, 2.45) is 0 Å². The van der Waals surface area contributed by atoms with Crippen LogP contribution < -0.4 is 0 Å². The van der Waals surface area contributed by atoms with Gasteiger partial charge in [-0.05, 0) is 30.7 Å². The topological polar surface area (TPSA) is 38.5 Å². The molecule has 1 heterocycles. The first-order chi connectivity index (χ1) is 11.7. The molecule has 0 aliphatic carbocycles. The minimum absolute atomic E-state index is 0.429. The number of oxazole rings is 1. The molecule has 0 spiro atoms. The van der Waals surface area contributed by atoms with Gasteiger partial charge in [-0.1, -0.05) is 36.4 Å². The summed E-state index contributed by atoms with van der Waals surface area (Å²) < 4.78 is 11.0. The standard InChI is InChI=1S/C20H24N2O2/c1-15(2)22(11-12-23-3)13-17-14-24-20(21-17)19-10-6-8-16-7-4-5-9-18(16)19/h4-10,14-15H,11-13H2,1-3H3. The number of ether oxygens (including phenoxy) is 1. The van der Waals surface area contributed by atoms with Crippen LogP contribution in [0.2, 0.25) is 0 Å². The molecule has 0 bridgehead atoms. The summed E-state index contributed by atoms with van der Waals surface area (Å²) in [4.78, 5) is 7.04. The third kappa shape index (κ3) is 3.66. The first-order valence-electron chi connectivity index (χ1n) is 8.34. The molecule has 4 nitrogen and oxygen atoms in total. The fourth-order valence-corrected chi connectivity index (χ4v) is 2.85. The lowest BCUT2D eigenvalue weighted by atomic mass is 10.0. The van der Waals surface area contributed by atoms with Crippen LogP contribution >= 0.6 is 0 Å². The maximum atomic E-state index is 5.77. The molecule has 0 aliphatic heterocycles. The first kappa shape index (κ1) is 16.7. The van der Waals surface area contributed by atoms with Crippen molar-refractivity contribution in [2.45, 2.75) is 26.4 Å². The summed E-state index contributed by atoms with van der Waals surface area (Å²) in [6.45, 7) is 6.72. The minimum atomic E-state index is 0.429. The zero-order valence-electron chi connectivity index (χ0n) is 14.5. The maximum Gasteiger partial charge on any atom is 0.226 e. The molecule has 1 aromatic heterocycles. The van der Waals surface area contributed by atoms with E-state index in [1.807, 2.05) is 18.2 Å². The van der Waals surface area contributed by atoms with Crippen molar-refractivity contribution >= 4 is 10.8 Å². The summed E-state index contributed by atoms with van der Waals surface area (Å²) >= 11 is 0. The SMILES string of the molecule is COCCN(Cc1coc(-c2cccc3ccccc23)n1)C(C)C. The maximum absolute atomic E-state index is 5.77. The Kier molecular flexibility index (Phi) is 5.28. The normalized spacial score (nSPS) is 11.7. The smallest absolute Gasteiger partial charge is 0.226 e. The van der Waals surface area contributed by atoms with Crippen LogP contribution in [0.4, 0.5) is 0 Å². The van der Waals surface area contributed by atoms with Gasteiger partial charge in [-0.25, -0.2) is 4.98 Å². The van der Waals surface area contributed by atoms with Crippen molar-refractivity contribution in [1.82, 2.24) is 9.88 Å². The summed E-state index contributed by atoms with van der Waals surface area (Å²) in [5.74, 6) is 0.678. The number of aromatic nitrogens is 1. The van der Waals surface area contributed by atoms with Crippen LogP contribution in [-0.2, 0) is 11.3 Å². The molecule has 0 N–H and O–H groups in total. The predicted octanol–water partition coefficient (Wildman–Crippen LogP) is 4.35. The van der Waals surface area contributed by atoms with Crippen LogP contribution in [0.1, 0.15) is 19.5 Å². The Morgan fingerprint density at radius 1 is 1.12 bits per heavy atom. The molecular weight excluding hydrogens is 300 g/mol. The lowest BCUT2D eigenvalue weighted by Crippen LogP contribution is -2.33. The average molecular weight is 324 g/mol. The summed E-state index contributed by atoms with van der Waals surface area (Å²) in [5.41, 5.74) is 1.98. The lowest BCUT2D eigenvalue weighted by molar-refractivity contribution is 0.124. The Balaban J connectivity index is 1.84. The molecule has 0 aliphatic rings. The Bertz CT molecular complexity index is 790. The van der Waals surface area contributed by atoms with Gasteiger partial charge < -0.3 is 9.15 Å². The van der Waals surface area contributed by atoms with Crippen LogP contribution in [0.15, 0.2) is 53.1 Å².